The predicted molar refractivity (Wildman–Crippen MR) is 82.3 cm³/mol. The zero-order valence-corrected chi connectivity index (χ0v) is 13.9. The van der Waals surface area contributed by atoms with Crippen LogP contribution < -0.4 is 5.32 Å². The topological polar surface area (TPSA) is 92.6 Å². The molecule has 1 N–H and O–H groups in total. The number of sulfonamides is 1. The first-order valence-corrected chi connectivity index (χ1v) is 8.89. The highest BCUT2D eigenvalue weighted by atomic mass is 32.2. The van der Waals surface area contributed by atoms with Crippen LogP contribution in [0.4, 0.5) is 10.7 Å². The largest absolute Gasteiger partial charge is 0.374 e. The van der Waals surface area contributed by atoms with Crippen molar-refractivity contribution in [3.8, 4) is 0 Å². The number of anilines is 1. The lowest BCUT2D eigenvalue weighted by Gasteiger charge is -2.36. The maximum absolute atomic E-state index is 12.7. The van der Waals surface area contributed by atoms with E-state index in [-0.39, 0.29) is 20.3 Å². The van der Waals surface area contributed by atoms with Gasteiger partial charge in [0.25, 0.3) is 10.0 Å². The van der Waals surface area contributed by atoms with E-state index >= 15 is 0 Å². The molecule has 1 aromatic rings. The molecule has 0 radical (unpaired) electrons. The summed E-state index contributed by atoms with van der Waals surface area (Å²) in [6.45, 7) is 4.97. The van der Waals surface area contributed by atoms with Gasteiger partial charge in [-0.25, -0.2) is 8.42 Å². The Hall–Kier alpha value is -1.19. The molecule has 1 aliphatic rings. The number of hydrogen-bond acceptors (Lipinski definition) is 6. The number of nitrogens with zero attached hydrogens (tertiary/aromatic N) is 2. The van der Waals surface area contributed by atoms with Crippen molar-refractivity contribution in [2.45, 2.75) is 30.9 Å². The molecular formula is C12H19N3O4S2. The molecule has 21 heavy (non-hydrogen) atoms. The van der Waals surface area contributed by atoms with E-state index < -0.39 is 14.9 Å². The highest BCUT2D eigenvalue weighted by molar-refractivity contribution is 7.91. The summed E-state index contributed by atoms with van der Waals surface area (Å²) in [6, 6.07) is 1.15. The second-order valence-electron chi connectivity index (χ2n) is 5.89. The van der Waals surface area contributed by atoms with Gasteiger partial charge in [-0.3, -0.25) is 10.1 Å². The highest BCUT2D eigenvalue weighted by Crippen LogP contribution is 2.39. The van der Waals surface area contributed by atoms with Gasteiger partial charge in [-0.05, 0) is 18.3 Å². The van der Waals surface area contributed by atoms with Gasteiger partial charge in [0.1, 0.15) is 4.21 Å². The van der Waals surface area contributed by atoms with Crippen molar-refractivity contribution in [1.82, 2.24) is 4.31 Å². The van der Waals surface area contributed by atoms with E-state index in [1.807, 2.05) is 13.8 Å². The Morgan fingerprint density at radius 3 is 2.62 bits per heavy atom. The van der Waals surface area contributed by atoms with Crippen LogP contribution in [0.25, 0.3) is 0 Å². The molecule has 0 aromatic carbocycles. The van der Waals surface area contributed by atoms with Crippen LogP contribution in [0.5, 0.6) is 0 Å². The van der Waals surface area contributed by atoms with Crippen molar-refractivity contribution in [1.29, 1.82) is 0 Å². The Bertz CT molecular complexity index is 651. The van der Waals surface area contributed by atoms with Crippen LogP contribution in [-0.4, -0.2) is 37.8 Å². The third kappa shape index (κ3) is 3.19. The number of piperidine rings is 1. The van der Waals surface area contributed by atoms with E-state index in [0.717, 1.165) is 30.2 Å². The molecule has 0 unspecified atom stereocenters. The molecule has 0 saturated carbocycles. The Morgan fingerprint density at radius 1 is 1.48 bits per heavy atom. The minimum atomic E-state index is -3.67. The van der Waals surface area contributed by atoms with E-state index in [1.54, 1.807) is 7.05 Å². The smallest absolute Gasteiger partial charge is 0.304 e. The van der Waals surface area contributed by atoms with E-state index in [4.69, 9.17) is 0 Å². The first-order chi connectivity index (χ1) is 9.67. The van der Waals surface area contributed by atoms with Gasteiger partial charge < -0.3 is 5.32 Å². The van der Waals surface area contributed by atoms with Crippen LogP contribution in [-0.2, 0) is 10.0 Å². The van der Waals surface area contributed by atoms with E-state index in [2.05, 4.69) is 5.32 Å². The lowest BCUT2D eigenvalue weighted by molar-refractivity contribution is -0.383. The van der Waals surface area contributed by atoms with Crippen LogP contribution in [0, 0.1) is 15.5 Å². The summed E-state index contributed by atoms with van der Waals surface area (Å²) in [5.41, 5.74) is -0.266. The third-order valence-electron chi connectivity index (χ3n) is 3.57. The molecule has 1 aromatic heterocycles. The van der Waals surface area contributed by atoms with Crippen molar-refractivity contribution in [2.24, 2.45) is 5.41 Å². The molecular weight excluding hydrogens is 314 g/mol. The van der Waals surface area contributed by atoms with Gasteiger partial charge in [0, 0.05) is 26.2 Å². The molecule has 118 valence electrons. The average Bonchev–Trinajstić information content (AvgIpc) is 2.82. The molecule has 1 saturated heterocycles. The third-order valence-corrected chi connectivity index (χ3v) is 7.01. The number of thiophene rings is 1. The Balaban J connectivity index is 2.38. The molecule has 0 aliphatic carbocycles. The standard InChI is InChI=1S/C12H19N3O4S2/c1-12(2)5-4-6-14(8-12)21(18,19)10-7-9(15(16)17)11(13-3)20-10/h7,13H,4-6,8H2,1-3H3. The summed E-state index contributed by atoms with van der Waals surface area (Å²) in [6.07, 6.45) is 1.78. The Morgan fingerprint density at radius 2 is 2.14 bits per heavy atom. The summed E-state index contributed by atoms with van der Waals surface area (Å²) >= 11 is 0.906. The van der Waals surface area contributed by atoms with E-state index in [0.29, 0.717) is 13.1 Å². The van der Waals surface area contributed by atoms with E-state index in [9.17, 15) is 18.5 Å². The normalized spacial score (nSPS) is 19.4. The fourth-order valence-corrected chi connectivity index (χ4v) is 5.61. The number of nitrogens with one attached hydrogen (secondary N) is 1. The SMILES string of the molecule is CNc1sc(S(=O)(=O)N2CCCC(C)(C)C2)cc1[N+](=O)[O-]. The molecule has 1 aliphatic heterocycles. The minimum absolute atomic E-state index is 0.0243. The lowest BCUT2D eigenvalue weighted by atomic mass is 9.85. The maximum atomic E-state index is 12.7. The molecule has 1 fully saturated rings. The quantitative estimate of drug-likeness (QED) is 0.675. The lowest BCUT2D eigenvalue weighted by Crippen LogP contribution is -2.43. The zero-order chi connectivity index (χ0) is 15.8. The van der Waals surface area contributed by atoms with Crippen LogP contribution in [0.2, 0.25) is 0 Å². The number of hydrogen-bond donors (Lipinski definition) is 1. The van der Waals surface area contributed by atoms with Crippen molar-refractivity contribution < 1.29 is 13.3 Å². The van der Waals surface area contributed by atoms with Gasteiger partial charge in [-0.15, -0.1) is 0 Å². The van der Waals surface area contributed by atoms with Crippen molar-refractivity contribution in [2.75, 3.05) is 25.5 Å². The summed E-state index contributed by atoms with van der Waals surface area (Å²) < 4.78 is 26.8. The van der Waals surface area contributed by atoms with Gasteiger partial charge in [0.2, 0.25) is 0 Å². The van der Waals surface area contributed by atoms with Gasteiger partial charge in [-0.2, -0.15) is 4.31 Å². The number of nitro groups is 1. The van der Waals surface area contributed by atoms with Gasteiger partial charge in [-0.1, -0.05) is 25.2 Å². The summed E-state index contributed by atoms with van der Waals surface area (Å²) in [4.78, 5) is 10.4. The van der Waals surface area contributed by atoms with Gasteiger partial charge in [0.15, 0.2) is 5.00 Å². The molecule has 2 rings (SSSR count). The first kappa shape index (κ1) is 16.2. The van der Waals surface area contributed by atoms with Crippen molar-refractivity contribution in [3.63, 3.8) is 0 Å². The first-order valence-electron chi connectivity index (χ1n) is 6.63. The molecule has 0 atom stereocenters. The summed E-state index contributed by atoms with van der Waals surface area (Å²) in [5, 5.41) is 13.9. The highest BCUT2D eigenvalue weighted by Gasteiger charge is 2.36. The fraction of sp³-hybridized carbons (Fsp3) is 0.667. The molecule has 0 amide bonds. The molecule has 0 spiro atoms. The van der Waals surface area contributed by atoms with E-state index in [1.165, 1.54) is 4.31 Å². The Labute approximate surface area is 128 Å². The second kappa shape index (κ2) is 5.54. The molecule has 2 heterocycles. The van der Waals surface area contributed by atoms with Crippen molar-refractivity contribution >= 4 is 32.0 Å². The summed E-state index contributed by atoms with van der Waals surface area (Å²) in [7, 11) is -2.13. The van der Waals surface area contributed by atoms with Gasteiger partial charge >= 0.3 is 5.69 Å². The van der Waals surface area contributed by atoms with Crippen LogP contribution in [0.1, 0.15) is 26.7 Å². The average molecular weight is 333 g/mol. The fourth-order valence-electron chi connectivity index (χ4n) is 2.50. The van der Waals surface area contributed by atoms with Crippen LogP contribution in [0.3, 0.4) is 0 Å². The van der Waals surface area contributed by atoms with Gasteiger partial charge in [0.05, 0.1) is 4.92 Å². The number of rotatable bonds is 4. The van der Waals surface area contributed by atoms with Crippen LogP contribution in [0.15, 0.2) is 10.3 Å². The molecule has 7 nitrogen and oxygen atoms in total. The second-order valence-corrected chi connectivity index (χ2v) is 9.11. The molecule has 0 bridgehead atoms. The maximum Gasteiger partial charge on any atom is 0.304 e. The zero-order valence-electron chi connectivity index (χ0n) is 12.2. The molecule has 9 heteroatoms. The Kier molecular flexibility index (Phi) is 4.27. The minimum Gasteiger partial charge on any atom is -0.374 e. The van der Waals surface area contributed by atoms with Crippen molar-refractivity contribution in [3.05, 3.63) is 16.2 Å². The predicted octanol–water partition coefficient (Wildman–Crippen LogP) is 2.51. The summed E-state index contributed by atoms with van der Waals surface area (Å²) in [5.74, 6) is 0. The van der Waals surface area contributed by atoms with Crippen LogP contribution >= 0.6 is 11.3 Å². The monoisotopic (exact) mass is 333 g/mol.